The number of nitrogens with zero attached hydrogens (tertiary/aromatic N) is 1. The summed E-state index contributed by atoms with van der Waals surface area (Å²) < 4.78 is 15.8. The fraction of sp³-hybridized carbons (Fsp3) is 0.435. The van der Waals surface area contributed by atoms with Gasteiger partial charge in [-0.15, -0.1) is 0 Å². The van der Waals surface area contributed by atoms with E-state index < -0.39 is 0 Å². The van der Waals surface area contributed by atoms with Crippen molar-refractivity contribution in [2.45, 2.75) is 25.4 Å². The number of methoxy groups -OCH3 is 2. The predicted molar refractivity (Wildman–Crippen MR) is 112 cm³/mol. The number of carbonyl (C=O) groups excluding carboxylic acids is 1. The lowest BCUT2D eigenvalue weighted by Crippen LogP contribution is -2.36. The second-order valence-electron chi connectivity index (χ2n) is 7.16. The van der Waals surface area contributed by atoms with Crippen molar-refractivity contribution in [1.29, 1.82) is 0 Å². The Kier molecular flexibility index (Phi) is 7.90. The molecule has 1 atom stereocenters. The molecular formula is C23H30N2O4. The van der Waals surface area contributed by atoms with Crippen molar-refractivity contribution in [2.75, 3.05) is 40.5 Å². The summed E-state index contributed by atoms with van der Waals surface area (Å²) in [5.74, 6) is 1.70. The minimum absolute atomic E-state index is 0.0471. The summed E-state index contributed by atoms with van der Waals surface area (Å²) in [6.45, 7) is 2.95. The molecule has 1 heterocycles. The molecule has 0 spiro atoms. The Morgan fingerprint density at radius 1 is 1.03 bits per heavy atom. The van der Waals surface area contributed by atoms with Gasteiger partial charge < -0.3 is 19.5 Å². The number of nitrogens with one attached hydrogen (secondary N) is 1. The lowest BCUT2D eigenvalue weighted by atomic mass is 10.0. The summed E-state index contributed by atoms with van der Waals surface area (Å²) in [4.78, 5) is 14.7. The number of likely N-dealkylation sites (tertiary alicyclic amines) is 1. The quantitative estimate of drug-likeness (QED) is 0.623. The van der Waals surface area contributed by atoms with Crippen LogP contribution in [0.5, 0.6) is 11.5 Å². The van der Waals surface area contributed by atoms with Crippen LogP contribution >= 0.6 is 0 Å². The molecule has 1 unspecified atom stereocenters. The Labute approximate surface area is 172 Å². The van der Waals surface area contributed by atoms with Crippen LogP contribution in [0.25, 0.3) is 0 Å². The molecule has 2 aromatic rings. The van der Waals surface area contributed by atoms with Gasteiger partial charge in [0.1, 0.15) is 18.1 Å². The van der Waals surface area contributed by atoms with Crippen molar-refractivity contribution in [3.63, 3.8) is 0 Å². The van der Waals surface area contributed by atoms with Gasteiger partial charge in [-0.25, -0.2) is 0 Å². The van der Waals surface area contributed by atoms with E-state index in [9.17, 15) is 4.79 Å². The van der Waals surface area contributed by atoms with Gasteiger partial charge in [-0.3, -0.25) is 9.69 Å². The molecule has 0 bridgehead atoms. The van der Waals surface area contributed by atoms with Gasteiger partial charge in [0.25, 0.3) is 0 Å². The van der Waals surface area contributed by atoms with E-state index in [1.54, 1.807) is 14.2 Å². The van der Waals surface area contributed by atoms with Crippen LogP contribution < -0.4 is 14.8 Å². The van der Waals surface area contributed by atoms with E-state index in [1.165, 1.54) is 5.56 Å². The van der Waals surface area contributed by atoms with Gasteiger partial charge in [-0.2, -0.15) is 0 Å². The number of hydrogen-bond acceptors (Lipinski definition) is 5. The SMILES string of the molecule is COCCOc1ccc(CNC(=O)CN2CCCC2c2ccc(OC)cc2)cc1. The summed E-state index contributed by atoms with van der Waals surface area (Å²) in [6, 6.07) is 16.2. The second-order valence-corrected chi connectivity index (χ2v) is 7.16. The first-order chi connectivity index (χ1) is 14.2. The number of rotatable bonds is 10. The van der Waals surface area contributed by atoms with Crippen molar-refractivity contribution in [3.05, 3.63) is 59.7 Å². The van der Waals surface area contributed by atoms with Crippen LogP contribution in [0.2, 0.25) is 0 Å². The van der Waals surface area contributed by atoms with Gasteiger partial charge >= 0.3 is 0 Å². The van der Waals surface area contributed by atoms with E-state index in [4.69, 9.17) is 14.2 Å². The molecule has 1 aliphatic rings. The largest absolute Gasteiger partial charge is 0.497 e. The van der Waals surface area contributed by atoms with Gasteiger partial charge in [0, 0.05) is 19.7 Å². The van der Waals surface area contributed by atoms with Crippen molar-refractivity contribution in [1.82, 2.24) is 10.2 Å². The maximum Gasteiger partial charge on any atom is 0.234 e. The molecule has 29 heavy (non-hydrogen) atoms. The summed E-state index contributed by atoms with van der Waals surface area (Å²) in [5, 5.41) is 3.03. The number of ether oxygens (including phenoxy) is 3. The summed E-state index contributed by atoms with van der Waals surface area (Å²) in [5.41, 5.74) is 2.28. The molecule has 1 aliphatic heterocycles. The van der Waals surface area contributed by atoms with E-state index >= 15 is 0 Å². The van der Waals surface area contributed by atoms with Crippen molar-refractivity contribution in [3.8, 4) is 11.5 Å². The minimum Gasteiger partial charge on any atom is -0.497 e. The molecule has 0 saturated carbocycles. The zero-order chi connectivity index (χ0) is 20.5. The van der Waals surface area contributed by atoms with E-state index in [0.717, 1.165) is 36.4 Å². The standard InChI is InChI=1S/C23H30N2O4/c1-27-14-15-29-21-9-5-18(6-10-21)16-24-23(26)17-25-13-3-4-22(25)19-7-11-20(28-2)12-8-19/h5-12,22H,3-4,13-17H2,1-2H3,(H,24,26). The highest BCUT2D eigenvalue weighted by Crippen LogP contribution is 2.32. The first-order valence-electron chi connectivity index (χ1n) is 10.0. The molecule has 0 radical (unpaired) electrons. The fourth-order valence-electron chi connectivity index (χ4n) is 3.61. The normalized spacial score (nSPS) is 16.6. The third kappa shape index (κ3) is 6.21. The molecule has 2 aromatic carbocycles. The van der Waals surface area contributed by atoms with Crippen molar-refractivity contribution in [2.24, 2.45) is 0 Å². The molecule has 6 heteroatoms. The van der Waals surface area contributed by atoms with Crippen LogP contribution in [0.1, 0.15) is 30.0 Å². The van der Waals surface area contributed by atoms with E-state index in [-0.39, 0.29) is 11.9 Å². The van der Waals surface area contributed by atoms with Gasteiger partial charge in [0.2, 0.25) is 5.91 Å². The first-order valence-corrected chi connectivity index (χ1v) is 10.0. The predicted octanol–water partition coefficient (Wildman–Crippen LogP) is 3.17. The lowest BCUT2D eigenvalue weighted by molar-refractivity contribution is -0.122. The van der Waals surface area contributed by atoms with Crippen LogP contribution in [0.15, 0.2) is 48.5 Å². The second kappa shape index (κ2) is 10.8. The molecule has 3 rings (SSSR count). The molecule has 0 aliphatic carbocycles. The molecule has 1 amide bonds. The zero-order valence-electron chi connectivity index (χ0n) is 17.2. The van der Waals surface area contributed by atoms with Gasteiger partial charge in [-0.05, 0) is 54.8 Å². The third-order valence-corrected chi connectivity index (χ3v) is 5.18. The van der Waals surface area contributed by atoms with Crippen LogP contribution in [0.3, 0.4) is 0 Å². The van der Waals surface area contributed by atoms with Crippen LogP contribution in [-0.4, -0.2) is 51.3 Å². The Morgan fingerprint density at radius 3 is 2.45 bits per heavy atom. The van der Waals surface area contributed by atoms with Gasteiger partial charge in [0.05, 0.1) is 20.3 Å². The molecule has 1 N–H and O–H groups in total. The number of benzene rings is 2. The lowest BCUT2D eigenvalue weighted by Gasteiger charge is -2.24. The molecular weight excluding hydrogens is 368 g/mol. The van der Waals surface area contributed by atoms with Gasteiger partial charge in [-0.1, -0.05) is 24.3 Å². The maximum absolute atomic E-state index is 12.5. The third-order valence-electron chi connectivity index (χ3n) is 5.18. The topological polar surface area (TPSA) is 60.0 Å². The maximum atomic E-state index is 12.5. The smallest absolute Gasteiger partial charge is 0.234 e. The molecule has 1 saturated heterocycles. The number of hydrogen-bond donors (Lipinski definition) is 1. The Morgan fingerprint density at radius 2 is 1.76 bits per heavy atom. The summed E-state index contributed by atoms with van der Waals surface area (Å²) in [7, 11) is 3.32. The highest BCUT2D eigenvalue weighted by molar-refractivity contribution is 5.78. The minimum atomic E-state index is 0.0471. The monoisotopic (exact) mass is 398 g/mol. The van der Waals surface area contributed by atoms with Gasteiger partial charge in [0.15, 0.2) is 0 Å². The van der Waals surface area contributed by atoms with E-state index in [2.05, 4.69) is 22.3 Å². The highest BCUT2D eigenvalue weighted by Gasteiger charge is 2.27. The van der Waals surface area contributed by atoms with Crippen LogP contribution in [0, 0.1) is 0 Å². The van der Waals surface area contributed by atoms with Crippen LogP contribution in [-0.2, 0) is 16.1 Å². The molecule has 0 aromatic heterocycles. The molecule has 1 fully saturated rings. The highest BCUT2D eigenvalue weighted by atomic mass is 16.5. The fourth-order valence-corrected chi connectivity index (χ4v) is 3.61. The van der Waals surface area contributed by atoms with Crippen LogP contribution in [0.4, 0.5) is 0 Å². The van der Waals surface area contributed by atoms with E-state index in [0.29, 0.717) is 26.3 Å². The Hall–Kier alpha value is -2.57. The summed E-state index contributed by atoms with van der Waals surface area (Å²) >= 11 is 0. The zero-order valence-corrected chi connectivity index (χ0v) is 17.2. The number of carbonyl (C=O) groups is 1. The van der Waals surface area contributed by atoms with Crippen molar-refractivity contribution < 1.29 is 19.0 Å². The van der Waals surface area contributed by atoms with E-state index in [1.807, 2.05) is 36.4 Å². The first kappa shape index (κ1) is 21.1. The molecule has 156 valence electrons. The average Bonchev–Trinajstić information content (AvgIpc) is 3.21. The molecule has 6 nitrogen and oxygen atoms in total. The average molecular weight is 399 g/mol. The summed E-state index contributed by atoms with van der Waals surface area (Å²) in [6.07, 6.45) is 2.18. The Balaban J connectivity index is 1.47. The van der Waals surface area contributed by atoms with Crippen molar-refractivity contribution >= 4 is 5.91 Å². The Bertz CT molecular complexity index is 761. The number of amides is 1.